The molecule has 0 saturated carbocycles. The van der Waals surface area contributed by atoms with Crippen LogP contribution in [0.25, 0.3) is 0 Å². The fourth-order valence-electron chi connectivity index (χ4n) is 0.846. The lowest BCUT2D eigenvalue weighted by Gasteiger charge is -2.04. The van der Waals surface area contributed by atoms with Gasteiger partial charge in [-0.25, -0.2) is 0 Å². The molecule has 1 aromatic carbocycles. The highest BCUT2D eigenvalue weighted by atomic mass is 16.5. The summed E-state index contributed by atoms with van der Waals surface area (Å²) in [6.45, 7) is 2.67. The first kappa shape index (κ1) is 7.92. The molecule has 0 spiro atoms. The van der Waals surface area contributed by atoms with Gasteiger partial charge in [-0.2, -0.15) is 0 Å². The second kappa shape index (κ2) is 3.86. The Labute approximate surface area is 67.2 Å². The molecule has 1 N–H and O–H groups in total. The lowest BCUT2D eigenvalue weighted by Crippen LogP contribution is -1.93. The molecule has 0 saturated heterocycles. The third kappa shape index (κ3) is 2.15. The van der Waals surface area contributed by atoms with Crippen molar-refractivity contribution in [2.75, 3.05) is 19.0 Å². The van der Waals surface area contributed by atoms with Gasteiger partial charge in [0.25, 0.3) is 0 Å². The Kier molecular flexibility index (Phi) is 2.78. The molecular formula is C9H12NO. The molecule has 0 aromatic heterocycles. The first-order chi connectivity index (χ1) is 5.36. The Morgan fingerprint density at radius 3 is 3.09 bits per heavy atom. The summed E-state index contributed by atoms with van der Waals surface area (Å²) < 4.78 is 5.29. The standard InChI is InChI=1S/C9H12NO/c1-3-11-9-6-4-5-8(7-9)10-2/h4,6-7,10H,3H2,1-2H3. The Morgan fingerprint density at radius 2 is 2.45 bits per heavy atom. The van der Waals surface area contributed by atoms with Crippen LogP contribution in [0.15, 0.2) is 18.2 Å². The first-order valence-electron chi connectivity index (χ1n) is 3.69. The van der Waals surface area contributed by atoms with E-state index in [2.05, 4.69) is 11.4 Å². The van der Waals surface area contributed by atoms with E-state index in [9.17, 15) is 0 Å². The van der Waals surface area contributed by atoms with Crippen molar-refractivity contribution in [1.82, 2.24) is 0 Å². The SMILES string of the molecule is CCOc1cc[c]c(NC)c1. The van der Waals surface area contributed by atoms with Crippen molar-refractivity contribution in [3.8, 4) is 5.75 Å². The number of hydrogen-bond donors (Lipinski definition) is 1. The minimum atomic E-state index is 0.702. The summed E-state index contributed by atoms with van der Waals surface area (Å²) in [4.78, 5) is 0. The van der Waals surface area contributed by atoms with Gasteiger partial charge in [0.1, 0.15) is 5.75 Å². The molecule has 0 unspecified atom stereocenters. The number of nitrogens with one attached hydrogen (secondary N) is 1. The van der Waals surface area contributed by atoms with Gasteiger partial charge in [-0.15, -0.1) is 0 Å². The van der Waals surface area contributed by atoms with Crippen LogP contribution in [0.4, 0.5) is 5.69 Å². The molecule has 0 aliphatic rings. The van der Waals surface area contributed by atoms with Crippen LogP contribution < -0.4 is 10.1 Å². The Hall–Kier alpha value is -1.18. The van der Waals surface area contributed by atoms with Gasteiger partial charge in [0.05, 0.1) is 6.61 Å². The quantitative estimate of drug-likeness (QED) is 0.710. The van der Waals surface area contributed by atoms with E-state index in [1.54, 1.807) is 0 Å². The summed E-state index contributed by atoms with van der Waals surface area (Å²) in [5.41, 5.74) is 0.955. The highest BCUT2D eigenvalue weighted by Gasteiger charge is 1.92. The molecular weight excluding hydrogens is 138 g/mol. The number of hydrogen-bond acceptors (Lipinski definition) is 2. The van der Waals surface area contributed by atoms with Gasteiger partial charge in [0.2, 0.25) is 0 Å². The van der Waals surface area contributed by atoms with E-state index in [1.165, 1.54) is 0 Å². The largest absolute Gasteiger partial charge is 0.494 e. The van der Waals surface area contributed by atoms with Crippen LogP contribution in [0.2, 0.25) is 0 Å². The Morgan fingerprint density at radius 1 is 1.64 bits per heavy atom. The molecule has 0 amide bonds. The van der Waals surface area contributed by atoms with Crippen LogP contribution in [-0.4, -0.2) is 13.7 Å². The van der Waals surface area contributed by atoms with E-state index in [4.69, 9.17) is 4.74 Å². The van der Waals surface area contributed by atoms with Crippen molar-refractivity contribution >= 4 is 5.69 Å². The normalized spacial score (nSPS) is 9.27. The molecule has 0 aliphatic heterocycles. The van der Waals surface area contributed by atoms with Gasteiger partial charge in [-0.3, -0.25) is 0 Å². The van der Waals surface area contributed by atoms with E-state index in [0.717, 1.165) is 11.4 Å². The van der Waals surface area contributed by atoms with Crippen molar-refractivity contribution < 1.29 is 4.74 Å². The Bertz CT molecular complexity index is 223. The second-order valence-corrected chi connectivity index (χ2v) is 2.12. The van der Waals surface area contributed by atoms with E-state index < -0.39 is 0 Å². The van der Waals surface area contributed by atoms with Gasteiger partial charge in [-0.1, -0.05) is 0 Å². The molecule has 1 rings (SSSR count). The summed E-state index contributed by atoms with van der Waals surface area (Å²) in [6, 6.07) is 8.68. The lowest BCUT2D eigenvalue weighted by molar-refractivity contribution is 0.340. The number of anilines is 1. The average Bonchev–Trinajstić information content (AvgIpc) is 2.06. The third-order valence-corrected chi connectivity index (χ3v) is 1.35. The van der Waals surface area contributed by atoms with Gasteiger partial charge in [0.15, 0.2) is 0 Å². The zero-order chi connectivity index (χ0) is 8.10. The van der Waals surface area contributed by atoms with Gasteiger partial charge in [-0.05, 0) is 19.1 Å². The molecule has 0 aliphatic carbocycles. The smallest absolute Gasteiger partial charge is 0.121 e. The summed E-state index contributed by atoms with van der Waals surface area (Å²) >= 11 is 0. The van der Waals surface area contributed by atoms with Crippen molar-refractivity contribution in [2.24, 2.45) is 0 Å². The third-order valence-electron chi connectivity index (χ3n) is 1.35. The molecule has 2 nitrogen and oxygen atoms in total. The zero-order valence-corrected chi connectivity index (χ0v) is 6.85. The minimum absolute atomic E-state index is 0.702. The van der Waals surface area contributed by atoms with Crippen LogP contribution in [0, 0.1) is 6.07 Å². The summed E-state index contributed by atoms with van der Waals surface area (Å²) in [6.07, 6.45) is 0. The number of rotatable bonds is 3. The molecule has 11 heavy (non-hydrogen) atoms. The van der Waals surface area contributed by atoms with Crippen LogP contribution in [-0.2, 0) is 0 Å². The van der Waals surface area contributed by atoms with E-state index in [0.29, 0.717) is 6.61 Å². The Balaban J connectivity index is 2.74. The molecule has 0 atom stereocenters. The summed E-state index contributed by atoms with van der Waals surface area (Å²) in [5.74, 6) is 0.885. The predicted molar refractivity (Wildman–Crippen MR) is 46.0 cm³/mol. The van der Waals surface area contributed by atoms with Crippen LogP contribution in [0.3, 0.4) is 0 Å². The van der Waals surface area contributed by atoms with Crippen LogP contribution >= 0.6 is 0 Å². The molecule has 0 fully saturated rings. The lowest BCUT2D eigenvalue weighted by atomic mass is 10.3. The predicted octanol–water partition coefficient (Wildman–Crippen LogP) is 1.93. The number of ether oxygens (including phenoxy) is 1. The topological polar surface area (TPSA) is 21.3 Å². The molecule has 0 bridgehead atoms. The van der Waals surface area contributed by atoms with Gasteiger partial charge in [0, 0.05) is 24.9 Å². The minimum Gasteiger partial charge on any atom is -0.494 e. The van der Waals surface area contributed by atoms with Gasteiger partial charge >= 0.3 is 0 Å². The van der Waals surface area contributed by atoms with Crippen molar-refractivity contribution in [1.29, 1.82) is 0 Å². The van der Waals surface area contributed by atoms with E-state index >= 15 is 0 Å². The van der Waals surface area contributed by atoms with E-state index in [1.807, 2.05) is 32.2 Å². The highest BCUT2D eigenvalue weighted by Crippen LogP contribution is 2.15. The molecule has 1 radical (unpaired) electrons. The molecule has 0 heterocycles. The number of benzene rings is 1. The van der Waals surface area contributed by atoms with Crippen molar-refractivity contribution in [3.05, 3.63) is 24.3 Å². The maximum Gasteiger partial charge on any atom is 0.121 e. The van der Waals surface area contributed by atoms with E-state index in [-0.39, 0.29) is 0 Å². The maximum absolute atomic E-state index is 5.29. The fraction of sp³-hybridized carbons (Fsp3) is 0.333. The average molecular weight is 150 g/mol. The van der Waals surface area contributed by atoms with Crippen LogP contribution in [0.5, 0.6) is 5.75 Å². The summed E-state index contributed by atoms with van der Waals surface area (Å²) in [7, 11) is 1.86. The monoisotopic (exact) mass is 150 g/mol. The molecule has 1 aromatic rings. The highest BCUT2D eigenvalue weighted by molar-refractivity contribution is 5.46. The van der Waals surface area contributed by atoms with Crippen molar-refractivity contribution in [2.45, 2.75) is 6.92 Å². The fourth-order valence-corrected chi connectivity index (χ4v) is 0.846. The molecule has 2 heteroatoms. The van der Waals surface area contributed by atoms with Gasteiger partial charge < -0.3 is 10.1 Å². The summed E-state index contributed by atoms with van der Waals surface area (Å²) in [5, 5.41) is 2.99. The molecule has 59 valence electrons. The zero-order valence-electron chi connectivity index (χ0n) is 6.85. The first-order valence-corrected chi connectivity index (χ1v) is 3.69. The van der Waals surface area contributed by atoms with Crippen molar-refractivity contribution in [3.63, 3.8) is 0 Å². The second-order valence-electron chi connectivity index (χ2n) is 2.12. The van der Waals surface area contributed by atoms with Crippen LogP contribution in [0.1, 0.15) is 6.92 Å². The maximum atomic E-state index is 5.29.